The highest BCUT2D eigenvalue weighted by Gasteiger charge is 2.28. The normalized spacial score (nSPS) is 23.6. The molecule has 0 spiro atoms. The summed E-state index contributed by atoms with van der Waals surface area (Å²) in [5.74, 6) is -0.981. The van der Waals surface area contributed by atoms with Gasteiger partial charge in [0.15, 0.2) is 0 Å². The van der Waals surface area contributed by atoms with Gasteiger partial charge in [0.25, 0.3) is 0 Å². The van der Waals surface area contributed by atoms with E-state index in [1.807, 2.05) is 27.9 Å². The Bertz CT molecular complexity index is 429. The molecule has 0 saturated carbocycles. The zero-order valence-electron chi connectivity index (χ0n) is 16.3. The Hall–Kier alpha value is -1.22. The van der Waals surface area contributed by atoms with Crippen LogP contribution in [0.5, 0.6) is 0 Å². The lowest BCUT2D eigenvalue weighted by atomic mass is 10.1. The van der Waals surface area contributed by atoms with Gasteiger partial charge in [-0.1, -0.05) is 13.8 Å². The van der Waals surface area contributed by atoms with E-state index in [0.717, 1.165) is 13.1 Å². The molecule has 0 aromatic rings. The molecule has 0 radical (unpaired) electrons. The van der Waals surface area contributed by atoms with Crippen LogP contribution in [-0.4, -0.2) is 101 Å². The van der Waals surface area contributed by atoms with E-state index < -0.39 is 0 Å². The largest absolute Gasteiger partial charge is 0.463 e. The smallest absolute Gasteiger partial charge is 0.310 e. The number of nitrogens with zero attached hydrogens (tertiary/aromatic N) is 2. The van der Waals surface area contributed by atoms with Crippen molar-refractivity contribution < 1.29 is 28.5 Å². The number of carbonyl (C=O) groups excluding carboxylic acids is 2. The first-order valence-electron chi connectivity index (χ1n) is 9.28. The fraction of sp³-hybridized carbons (Fsp3) is 0.889. The monoisotopic (exact) mass is 372 g/mol. The maximum absolute atomic E-state index is 12.1. The molecule has 4 unspecified atom stereocenters. The van der Waals surface area contributed by atoms with Crippen LogP contribution in [0, 0.1) is 11.8 Å². The number of likely N-dealkylation sites (N-methyl/N-ethyl adjacent to an activating group) is 1. The minimum Gasteiger partial charge on any atom is -0.463 e. The van der Waals surface area contributed by atoms with Crippen LogP contribution in [0.2, 0.25) is 0 Å². The Labute approximate surface area is 155 Å². The predicted octanol–water partition coefficient (Wildman–Crippen LogP) is 0.00620. The number of ether oxygens (including phenoxy) is 4. The second-order valence-electron chi connectivity index (χ2n) is 7.54. The Kier molecular flexibility index (Phi) is 8.27. The van der Waals surface area contributed by atoms with Crippen LogP contribution in [0.1, 0.15) is 13.8 Å². The molecule has 0 bridgehead atoms. The Morgan fingerprint density at radius 3 is 1.69 bits per heavy atom. The second kappa shape index (κ2) is 10.2. The first-order valence-corrected chi connectivity index (χ1v) is 9.28. The average molecular weight is 372 g/mol. The van der Waals surface area contributed by atoms with Crippen LogP contribution in [-0.2, 0) is 28.5 Å². The van der Waals surface area contributed by atoms with Gasteiger partial charge in [-0.15, -0.1) is 0 Å². The Balaban J connectivity index is 1.77. The summed E-state index contributed by atoms with van der Waals surface area (Å²) < 4.78 is 20.7. The molecule has 2 fully saturated rings. The van der Waals surface area contributed by atoms with Gasteiger partial charge in [0.1, 0.15) is 25.4 Å². The third-order valence-electron chi connectivity index (χ3n) is 4.36. The highest BCUT2D eigenvalue weighted by molar-refractivity contribution is 5.73. The lowest BCUT2D eigenvalue weighted by molar-refractivity contribution is -0.150. The molecule has 8 heteroatoms. The van der Waals surface area contributed by atoms with Gasteiger partial charge in [-0.2, -0.15) is 0 Å². The first-order chi connectivity index (χ1) is 12.3. The van der Waals surface area contributed by atoms with Crippen LogP contribution in [0.15, 0.2) is 0 Å². The maximum Gasteiger partial charge on any atom is 0.310 e. The molecule has 2 aliphatic heterocycles. The fourth-order valence-corrected chi connectivity index (χ4v) is 2.49. The molecular formula is C18H32N2O6. The zero-order valence-corrected chi connectivity index (χ0v) is 16.3. The third-order valence-corrected chi connectivity index (χ3v) is 4.36. The van der Waals surface area contributed by atoms with Crippen molar-refractivity contribution in [3.8, 4) is 0 Å². The van der Waals surface area contributed by atoms with E-state index in [1.54, 1.807) is 0 Å². The van der Waals surface area contributed by atoms with Crippen molar-refractivity contribution in [3.05, 3.63) is 0 Å². The quantitative estimate of drug-likeness (QED) is 0.330. The van der Waals surface area contributed by atoms with Crippen molar-refractivity contribution in [3.63, 3.8) is 0 Å². The Morgan fingerprint density at radius 2 is 1.35 bits per heavy atom. The van der Waals surface area contributed by atoms with E-state index in [0.29, 0.717) is 39.5 Å². The molecule has 0 aliphatic carbocycles. The van der Waals surface area contributed by atoms with Crippen molar-refractivity contribution in [1.29, 1.82) is 0 Å². The molecule has 26 heavy (non-hydrogen) atoms. The third kappa shape index (κ3) is 8.44. The molecule has 4 atom stereocenters. The summed E-state index contributed by atoms with van der Waals surface area (Å²) in [4.78, 5) is 28.5. The van der Waals surface area contributed by atoms with Gasteiger partial charge in [-0.25, -0.2) is 0 Å². The minimum absolute atomic E-state index is 0.0706. The van der Waals surface area contributed by atoms with Crippen LogP contribution in [0.3, 0.4) is 0 Å². The van der Waals surface area contributed by atoms with Gasteiger partial charge in [0.05, 0.1) is 25.0 Å². The maximum atomic E-state index is 12.1. The molecule has 2 aliphatic rings. The number of hydrogen-bond donors (Lipinski definition) is 0. The van der Waals surface area contributed by atoms with Gasteiger partial charge in [0, 0.05) is 26.2 Å². The summed E-state index contributed by atoms with van der Waals surface area (Å²) >= 11 is 0. The molecule has 0 aromatic heterocycles. The summed E-state index contributed by atoms with van der Waals surface area (Å²) in [6.07, 6.45) is 0.141. The average Bonchev–Trinajstić information content (AvgIpc) is 3.48. The first kappa shape index (κ1) is 21.1. The standard InChI is InChI=1S/C18H32N2O6/c1-13(17(21)25-11-15-9-23-15)7-20(6-5-19(3)4)8-14(2)18(22)26-12-16-10-24-16/h13-16H,5-12H2,1-4H3. The lowest BCUT2D eigenvalue weighted by Gasteiger charge is -2.28. The molecule has 2 heterocycles. The van der Waals surface area contributed by atoms with Crippen molar-refractivity contribution in [2.45, 2.75) is 26.1 Å². The van der Waals surface area contributed by atoms with Crippen molar-refractivity contribution in [2.75, 3.05) is 66.7 Å². The Morgan fingerprint density at radius 1 is 0.923 bits per heavy atom. The fourth-order valence-electron chi connectivity index (χ4n) is 2.49. The van der Waals surface area contributed by atoms with E-state index in [4.69, 9.17) is 18.9 Å². The van der Waals surface area contributed by atoms with Crippen molar-refractivity contribution in [2.24, 2.45) is 11.8 Å². The molecule has 150 valence electrons. The SMILES string of the molecule is CC(CN(CCN(C)C)CC(C)C(=O)OCC1CO1)C(=O)OCC1CO1. The number of carbonyl (C=O) groups is 2. The van der Waals surface area contributed by atoms with Crippen LogP contribution in [0.25, 0.3) is 0 Å². The topological polar surface area (TPSA) is 84.1 Å². The van der Waals surface area contributed by atoms with E-state index in [9.17, 15) is 9.59 Å². The molecule has 8 nitrogen and oxygen atoms in total. The molecule has 2 saturated heterocycles. The van der Waals surface area contributed by atoms with Crippen LogP contribution < -0.4 is 0 Å². The summed E-state index contributed by atoms with van der Waals surface area (Å²) in [5.41, 5.74) is 0. The van der Waals surface area contributed by atoms with Crippen LogP contribution >= 0.6 is 0 Å². The predicted molar refractivity (Wildman–Crippen MR) is 94.7 cm³/mol. The van der Waals surface area contributed by atoms with E-state index >= 15 is 0 Å². The van der Waals surface area contributed by atoms with Crippen molar-refractivity contribution in [1.82, 2.24) is 9.80 Å². The van der Waals surface area contributed by atoms with Gasteiger partial charge in [0.2, 0.25) is 0 Å². The molecule has 0 amide bonds. The van der Waals surface area contributed by atoms with Gasteiger partial charge in [-0.05, 0) is 14.1 Å². The van der Waals surface area contributed by atoms with Crippen molar-refractivity contribution >= 4 is 11.9 Å². The minimum atomic E-state index is -0.265. The molecule has 2 rings (SSSR count). The summed E-state index contributed by atoms with van der Waals surface area (Å²) in [6.45, 7) is 8.39. The molecular weight excluding hydrogens is 340 g/mol. The zero-order chi connectivity index (χ0) is 19.1. The molecule has 0 N–H and O–H groups in total. The number of epoxide rings is 2. The highest BCUT2D eigenvalue weighted by Crippen LogP contribution is 2.13. The van der Waals surface area contributed by atoms with Crippen LogP contribution in [0.4, 0.5) is 0 Å². The van der Waals surface area contributed by atoms with Gasteiger partial charge in [-0.3, -0.25) is 9.59 Å². The number of hydrogen-bond acceptors (Lipinski definition) is 8. The summed E-state index contributed by atoms with van der Waals surface area (Å²) in [6, 6.07) is 0. The molecule has 0 aromatic carbocycles. The number of esters is 2. The summed E-state index contributed by atoms with van der Waals surface area (Å²) in [5, 5.41) is 0. The van der Waals surface area contributed by atoms with Gasteiger partial charge < -0.3 is 28.7 Å². The lowest BCUT2D eigenvalue weighted by Crippen LogP contribution is -2.41. The number of rotatable bonds is 13. The second-order valence-corrected chi connectivity index (χ2v) is 7.54. The van der Waals surface area contributed by atoms with E-state index in [1.165, 1.54) is 0 Å². The van der Waals surface area contributed by atoms with Gasteiger partial charge >= 0.3 is 11.9 Å². The highest BCUT2D eigenvalue weighted by atomic mass is 16.6. The van der Waals surface area contributed by atoms with E-state index in [-0.39, 0.29) is 36.0 Å². The summed E-state index contributed by atoms with van der Waals surface area (Å²) in [7, 11) is 4.00. The van der Waals surface area contributed by atoms with E-state index in [2.05, 4.69) is 9.80 Å².